The van der Waals surface area contributed by atoms with Gasteiger partial charge in [0.15, 0.2) is 5.76 Å². The molecule has 1 heterocycles. The number of amides is 1. The Balaban J connectivity index is 2.06. The van der Waals surface area contributed by atoms with Crippen LogP contribution in [0.2, 0.25) is 0 Å². The third kappa shape index (κ3) is 4.22. The topological polar surface area (TPSA) is 42.2 Å². The number of carbonyl (C=O) groups excluding carboxylic acids is 1. The molecule has 0 aliphatic heterocycles. The van der Waals surface area contributed by atoms with E-state index in [0.29, 0.717) is 11.7 Å². The monoisotopic (exact) mass is 285 g/mol. The van der Waals surface area contributed by atoms with Gasteiger partial charge in [-0.25, -0.2) is 0 Å². The molecule has 0 fully saturated rings. The summed E-state index contributed by atoms with van der Waals surface area (Å²) >= 11 is 0. The smallest absolute Gasteiger partial charge is 0.287 e. The van der Waals surface area contributed by atoms with Crippen LogP contribution < -0.4 is 5.32 Å². The lowest BCUT2D eigenvalue weighted by Gasteiger charge is -2.14. The van der Waals surface area contributed by atoms with Gasteiger partial charge in [-0.1, -0.05) is 44.2 Å². The number of nitrogens with one attached hydrogen (secondary N) is 1. The maximum atomic E-state index is 12.4. The molecule has 0 bridgehead atoms. The standard InChI is InChI=1S/C18H23NO2/c1-13(2)9-10-14(3)19-18(20)17-16(11-12-21-17)15-7-5-4-6-8-15/h4-8,11-14H,9-10H2,1-3H3,(H,19,20). The molecular formula is C18H23NO2. The first-order chi connectivity index (χ1) is 10.1. The molecule has 0 saturated heterocycles. The van der Waals surface area contributed by atoms with E-state index in [9.17, 15) is 4.79 Å². The summed E-state index contributed by atoms with van der Waals surface area (Å²) in [6.45, 7) is 6.41. The van der Waals surface area contributed by atoms with Crippen molar-refractivity contribution < 1.29 is 9.21 Å². The van der Waals surface area contributed by atoms with Gasteiger partial charge in [0.2, 0.25) is 0 Å². The van der Waals surface area contributed by atoms with Crippen molar-refractivity contribution >= 4 is 5.91 Å². The third-order valence-corrected chi connectivity index (χ3v) is 3.51. The lowest BCUT2D eigenvalue weighted by molar-refractivity contribution is 0.0910. The Hall–Kier alpha value is -2.03. The number of hydrogen-bond acceptors (Lipinski definition) is 2. The van der Waals surface area contributed by atoms with E-state index in [1.807, 2.05) is 43.3 Å². The van der Waals surface area contributed by atoms with Crippen molar-refractivity contribution in [3.63, 3.8) is 0 Å². The Morgan fingerprint density at radius 3 is 2.48 bits per heavy atom. The minimum atomic E-state index is -0.143. The SMILES string of the molecule is CC(C)CCC(C)NC(=O)c1occc1-c1ccccc1. The molecule has 2 aromatic rings. The maximum Gasteiger partial charge on any atom is 0.287 e. The normalized spacial score (nSPS) is 12.4. The van der Waals surface area contributed by atoms with Crippen molar-refractivity contribution in [2.24, 2.45) is 5.92 Å². The first-order valence-corrected chi connectivity index (χ1v) is 7.51. The molecule has 2 rings (SSSR count). The average molecular weight is 285 g/mol. The van der Waals surface area contributed by atoms with Gasteiger partial charge in [0.05, 0.1) is 6.26 Å². The van der Waals surface area contributed by atoms with Crippen LogP contribution in [0.3, 0.4) is 0 Å². The summed E-state index contributed by atoms with van der Waals surface area (Å²) in [6.07, 6.45) is 3.64. The van der Waals surface area contributed by atoms with Crippen molar-refractivity contribution in [3.05, 3.63) is 48.4 Å². The zero-order valence-corrected chi connectivity index (χ0v) is 12.9. The van der Waals surface area contributed by atoms with Gasteiger partial charge in [-0.15, -0.1) is 0 Å². The molecule has 0 spiro atoms. The summed E-state index contributed by atoms with van der Waals surface area (Å²) in [5.41, 5.74) is 1.83. The van der Waals surface area contributed by atoms with Gasteiger partial charge in [-0.05, 0) is 37.3 Å². The largest absolute Gasteiger partial charge is 0.459 e. The first-order valence-electron chi connectivity index (χ1n) is 7.51. The van der Waals surface area contributed by atoms with Crippen molar-refractivity contribution in [2.45, 2.75) is 39.7 Å². The van der Waals surface area contributed by atoms with Crippen LogP contribution >= 0.6 is 0 Å². The molecule has 0 radical (unpaired) electrons. The van der Waals surface area contributed by atoms with Gasteiger partial charge in [0.1, 0.15) is 0 Å². The molecule has 3 heteroatoms. The highest BCUT2D eigenvalue weighted by Gasteiger charge is 2.18. The van der Waals surface area contributed by atoms with E-state index >= 15 is 0 Å². The fraction of sp³-hybridized carbons (Fsp3) is 0.389. The summed E-state index contributed by atoms with van der Waals surface area (Å²) in [6, 6.07) is 11.8. The summed E-state index contributed by atoms with van der Waals surface area (Å²) in [5.74, 6) is 0.889. The second-order valence-corrected chi connectivity index (χ2v) is 5.88. The Labute approximate surface area is 126 Å². The summed E-state index contributed by atoms with van der Waals surface area (Å²) in [4.78, 5) is 12.4. The Morgan fingerprint density at radius 2 is 1.81 bits per heavy atom. The molecule has 21 heavy (non-hydrogen) atoms. The summed E-state index contributed by atoms with van der Waals surface area (Å²) < 4.78 is 5.40. The molecule has 1 aromatic heterocycles. The Kier molecular flexibility index (Phi) is 5.20. The van der Waals surface area contributed by atoms with Gasteiger partial charge < -0.3 is 9.73 Å². The fourth-order valence-electron chi connectivity index (χ4n) is 2.27. The molecule has 1 amide bonds. The zero-order valence-electron chi connectivity index (χ0n) is 12.9. The number of hydrogen-bond donors (Lipinski definition) is 1. The highest BCUT2D eigenvalue weighted by molar-refractivity contribution is 5.98. The third-order valence-electron chi connectivity index (χ3n) is 3.51. The molecule has 112 valence electrons. The van der Waals surface area contributed by atoms with E-state index in [1.165, 1.54) is 0 Å². The molecule has 1 atom stereocenters. The first kappa shape index (κ1) is 15.4. The minimum Gasteiger partial charge on any atom is -0.459 e. The van der Waals surface area contributed by atoms with Crippen LogP contribution in [0.5, 0.6) is 0 Å². The van der Waals surface area contributed by atoms with E-state index in [-0.39, 0.29) is 11.9 Å². The van der Waals surface area contributed by atoms with E-state index < -0.39 is 0 Å². The molecule has 0 aliphatic carbocycles. The van der Waals surface area contributed by atoms with Crippen molar-refractivity contribution in [3.8, 4) is 11.1 Å². The van der Waals surface area contributed by atoms with Crippen LogP contribution in [0.25, 0.3) is 11.1 Å². The zero-order chi connectivity index (χ0) is 15.2. The van der Waals surface area contributed by atoms with E-state index in [4.69, 9.17) is 4.42 Å². The Morgan fingerprint density at radius 1 is 1.10 bits per heavy atom. The van der Waals surface area contributed by atoms with Crippen LogP contribution in [0.15, 0.2) is 47.1 Å². The number of carbonyl (C=O) groups is 1. The second kappa shape index (κ2) is 7.11. The Bertz CT molecular complexity index is 572. The van der Waals surface area contributed by atoms with Crippen LogP contribution in [0, 0.1) is 5.92 Å². The molecule has 1 unspecified atom stereocenters. The lowest BCUT2D eigenvalue weighted by Crippen LogP contribution is -2.32. The highest BCUT2D eigenvalue weighted by Crippen LogP contribution is 2.24. The van der Waals surface area contributed by atoms with E-state index in [0.717, 1.165) is 24.0 Å². The molecule has 0 saturated carbocycles. The predicted molar refractivity (Wildman–Crippen MR) is 85.1 cm³/mol. The number of furan rings is 1. The predicted octanol–water partition coefficient (Wildman–Crippen LogP) is 4.50. The summed E-state index contributed by atoms with van der Waals surface area (Å²) in [5, 5.41) is 3.02. The van der Waals surface area contributed by atoms with Gasteiger partial charge in [-0.2, -0.15) is 0 Å². The molecule has 0 aliphatic rings. The van der Waals surface area contributed by atoms with Crippen molar-refractivity contribution in [2.75, 3.05) is 0 Å². The fourth-order valence-corrected chi connectivity index (χ4v) is 2.27. The number of benzene rings is 1. The van der Waals surface area contributed by atoms with Crippen molar-refractivity contribution in [1.82, 2.24) is 5.32 Å². The van der Waals surface area contributed by atoms with Crippen molar-refractivity contribution in [1.29, 1.82) is 0 Å². The minimum absolute atomic E-state index is 0.143. The molecular weight excluding hydrogens is 262 g/mol. The van der Waals surface area contributed by atoms with E-state index in [2.05, 4.69) is 19.2 Å². The van der Waals surface area contributed by atoms with Crippen LogP contribution in [0.4, 0.5) is 0 Å². The maximum absolute atomic E-state index is 12.4. The van der Waals surface area contributed by atoms with Gasteiger partial charge in [0.25, 0.3) is 5.91 Å². The van der Waals surface area contributed by atoms with Gasteiger partial charge in [-0.3, -0.25) is 4.79 Å². The van der Waals surface area contributed by atoms with Crippen LogP contribution in [-0.2, 0) is 0 Å². The van der Waals surface area contributed by atoms with Gasteiger partial charge >= 0.3 is 0 Å². The number of rotatable bonds is 6. The highest BCUT2D eigenvalue weighted by atomic mass is 16.3. The van der Waals surface area contributed by atoms with Gasteiger partial charge in [0, 0.05) is 11.6 Å². The molecule has 3 nitrogen and oxygen atoms in total. The summed E-state index contributed by atoms with van der Waals surface area (Å²) in [7, 11) is 0. The van der Waals surface area contributed by atoms with E-state index in [1.54, 1.807) is 6.26 Å². The average Bonchev–Trinajstić information content (AvgIpc) is 2.95. The van der Waals surface area contributed by atoms with Crippen LogP contribution in [0.1, 0.15) is 44.2 Å². The quantitative estimate of drug-likeness (QED) is 0.849. The second-order valence-electron chi connectivity index (χ2n) is 5.88. The lowest BCUT2D eigenvalue weighted by atomic mass is 10.0. The van der Waals surface area contributed by atoms with Crippen LogP contribution in [-0.4, -0.2) is 11.9 Å². The molecule has 1 N–H and O–H groups in total. The molecule has 1 aromatic carbocycles.